The van der Waals surface area contributed by atoms with E-state index in [2.05, 4.69) is 25.0 Å². The molecule has 0 unspecified atom stereocenters. The molecule has 7 nitrogen and oxygen atoms in total. The van der Waals surface area contributed by atoms with Crippen molar-refractivity contribution >= 4 is 0 Å². The van der Waals surface area contributed by atoms with Gasteiger partial charge < -0.3 is 10.3 Å². The Kier molecular flexibility index (Phi) is 2.79. The summed E-state index contributed by atoms with van der Waals surface area (Å²) in [6, 6.07) is 0. The molecule has 2 aromatic heterocycles. The first-order chi connectivity index (χ1) is 7.99. The number of halogens is 3. The molecule has 0 amide bonds. The van der Waals surface area contributed by atoms with Crippen molar-refractivity contribution in [2.45, 2.75) is 19.3 Å². The second kappa shape index (κ2) is 4.13. The third-order valence-corrected chi connectivity index (χ3v) is 1.81. The van der Waals surface area contributed by atoms with Gasteiger partial charge in [-0.2, -0.15) is 18.2 Å². The molecule has 2 N–H and O–H groups in total. The van der Waals surface area contributed by atoms with Gasteiger partial charge in [0.1, 0.15) is 6.54 Å². The Balaban J connectivity index is 2.11. The zero-order valence-electron chi connectivity index (χ0n) is 8.35. The second-order valence-corrected chi connectivity index (χ2v) is 3.12. The van der Waals surface area contributed by atoms with Gasteiger partial charge in [0, 0.05) is 6.54 Å². The van der Waals surface area contributed by atoms with Gasteiger partial charge in [-0.3, -0.25) is 0 Å². The fraction of sp³-hybridized carbons (Fsp3) is 0.429. The highest BCUT2D eigenvalue weighted by Crippen LogP contribution is 2.26. The van der Waals surface area contributed by atoms with Crippen LogP contribution in [0.4, 0.5) is 13.2 Å². The van der Waals surface area contributed by atoms with E-state index < -0.39 is 12.0 Å². The van der Waals surface area contributed by atoms with Crippen molar-refractivity contribution in [3.05, 3.63) is 23.6 Å². The number of nitrogens with two attached hydrogens (primary N) is 1. The molecule has 0 saturated heterocycles. The minimum Gasteiger partial charge on any atom is -0.337 e. The van der Waals surface area contributed by atoms with Crippen LogP contribution in [0.25, 0.3) is 0 Å². The molecule has 17 heavy (non-hydrogen) atoms. The summed E-state index contributed by atoms with van der Waals surface area (Å²) in [6.07, 6.45) is -3.13. The van der Waals surface area contributed by atoms with E-state index in [1.165, 1.54) is 10.9 Å². The van der Waals surface area contributed by atoms with Crippen LogP contribution in [0.3, 0.4) is 0 Å². The maximum absolute atomic E-state index is 12.2. The largest absolute Gasteiger partial charge is 0.455 e. The van der Waals surface area contributed by atoms with Gasteiger partial charge in [-0.15, -0.1) is 5.10 Å². The average Bonchev–Trinajstić information content (AvgIpc) is 2.86. The zero-order chi connectivity index (χ0) is 12.5. The Morgan fingerprint density at radius 3 is 2.71 bits per heavy atom. The summed E-state index contributed by atoms with van der Waals surface area (Å²) in [5, 5.41) is 10.1. The first-order valence-corrected chi connectivity index (χ1v) is 4.48. The standard InChI is InChI=1S/C7H7F3N6O/c8-7(9,10)6-12-5(17-14-6)3-16-2-4(1-11)13-15-16/h2H,1,3,11H2. The maximum Gasteiger partial charge on any atom is 0.455 e. The summed E-state index contributed by atoms with van der Waals surface area (Å²) in [6.45, 7) is 0.105. The zero-order valence-corrected chi connectivity index (χ0v) is 8.35. The molecule has 0 spiro atoms. The van der Waals surface area contributed by atoms with Crippen LogP contribution in [-0.2, 0) is 19.3 Å². The molecule has 0 aliphatic heterocycles. The highest BCUT2D eigenvalue weighted by molar-refractivity contribution is 4.94. The lowest BCUT2D eigenvalue weighted by Gasteiger charge is -1.96. The van der Waals surface area contributed by atoms with Gasteiger partial charge in [0.15, 0.2) is 0 Å². The van der Waals surface area contributed by atoms with Gasteiger partial charge in [-0.1, -0.05) is 10.4 Å². The molecular weight excluding hydrogens is 241 g/mol. The van der Waals surface area contributed by atoms with Crippen molar-refractivity contribution < 1.29 is 17.7 Å². The van der Waals surface area contributed by atoms with E-state index in [9.17, 15) is 13.2 Å². The molecule has 0 radical (unpaired) electrons. The molecule has 2 aromatic rings. The van der Waals surface area contributed by atoms with Crippen LogP contribution in [-0.4, -0.2) is 25.1 Å². The molecular formula is C7H7F3N6O. The Bertz CT molecular complexity index is 504. The van der Waals surface area contributed by atoms with Crippen molar-refractivity contribution in [1.29, 1.82) is 0 Å². The van der Waals surface area contributed by atoms with Crippen LogP contribution in [0.2, 0.25) is 0 Å². The first kappa shape index (κ1) is 11.5. The number of hydrogen-bond donors (Lipinski definition) is 1. The van der Waals surface area contributed by atoms with E-state index in [1.807, 2.05) is 0 Å². The SMILES string of the molecule is NCc1cn(Cc2nc(C(F)(F)F)no2)nn1. The molecule has 92 valence electrons. The van der Waals surface area contributed by atoms with Crippen molar-refractivity contribution in [1.82, 2.24) is 25.1 Å². The van der Waals surface area contributed by atoms with Gasteiger partial charge in [0.25, 0.3) is 5.82 Å². The fourth-order valence-electron chi connectivity index (χ4n) is 1.08. The highest BCUT2D eigenvalue weighted by atomic mass is 19.4. The third kappa shape index (κ3) is 2.58. The number of rotatable bonds is 3. The summed E-state index contributed by atoms with van der Waals surface area (Å²) in [4.78, 5) is 3.19. The minimum atomic E-state index is -4.62. The Morgan fingerprint density at radius 1 is 1.41 bits per heavy atom. The van der Waals surface area contributed by atoms with E-state index in [0.29, 0.717) is 5.69 Å². The van der Waals surface area contributed by atoms with Crippen LogP contribution < -0.4 is 5.73 Å². The van der Waals surface area contributed by atoms with Gasteiger partial charge in [-0.25, -0.2) is 4.68 Å². The lowest BCUT2D eigenvalue weighted by atomic mass is 10.5. The molecule has 0 fully saturated rings. The number of nitrogens with zero attached hydrogens (tertiary/aromatic N) is 5. The minimum absolute atomic E-state index is 0.0872. The second-order valence-electron chi connectivity index (χ2n) is 3.12. The molecule has 10 heteroatoms. The topological polar surface area (TPSA) is 95.7 Å². The van der Waals surface area contributed by atoms with Gasteiger partial charge >= 0.3 is 6.18 Å². The molecule has 0 atom stereocenters. The van der Waals surface area contributed by atoms with Crippen LogP contribution in [0.5, 0.6) is 0 Å². The van der Waals surface area contributed by atoms with Gasteiger partial charge in [0.05, 0.1) is 11.9 Å². The number of aromatic nitrogens is 5. The van der Waals surface area contributed by atoms with Crippen molar-refractivity contribution in [2.24, 2.45) is 5.73 Å². The van der Waals surface area contributed by atoms with E-state index in [4.69, 9.17) is 5.73 Å². The average molecular weight is 248 g/mol. The predicted molar refractivity (Wildman–Crippen MR) is 46.3 cm³/mol. The van der Waals surface area contributed by atoms with Crippen LogP contribution in [0.15, 0.2) is 10.7 Å². The van der Waals surface area contributed by atoms with E-state index in [1.54, 1.807) is 0 Å². The monoisotopic (exact) mass is 248 g/mol. The Labute approximate surface area is 92.4 Å². The van der Waals surface area contributed by atoms with Crippen molar-refractivity contribution in [3.63, 3.8) is 0 Å². The summed E-state index contributed by atoms with van der Waals surface area (Å²) >= 11 is 0. The van der Waals surface area contributed by atoms with Crippen LogP contribution >= 0.6 is 0 Å². The summed E-state index contributed by atoms with van der Waals surface area (Å²) in [5.74, 6) is -1.52. The lowest BCUT2D eigenvalue weighted by Crippen LogP contribution is -2.08. The Morgan fingerprint density at radius 2 is 2.18 bits per heavy atom. The van der Waals surface area contributed by atoms with Gasteiger partial charge in [-0.05, 0) is 0 Å². The smallest absolute Gasteiger partial charge is 0.337 e. The summed E-state index contributed by atoms with van der Waals surface area (Å²) < 4.78 is 42.2. The first-order valence-electron chi connectivity index (χ1n) is 4.48. The van der Waals surface area contributed by atoms with E-state index >= 15 is 0 Å². The molecule has 0 aliphatic carbocycles. The molecule has 0 bridgehead atoms. The van der Waals surface area contributed by atoms with E-state index in [0.717, 1.165) is 0 Å². The molecule has 2 heterocycles. The van der Waals surface area contributed by atoms with Crippen molar-refractivity contribution in [2.75, 3.05) is 0 Å². The normalized spacial score (nSPS) is 12.0. The van der Waals surface area contributed by atoms with Crippen molar-refractivity contribution in [3.8, 4) is 0 Å². The molecule has 2 rings (SSSR count). The third-order valence-electron chi connectivity index (χ3n) is 1.81. The Hall–Kier alpha value is -1.97. The summed E-state index contributed by atoms with van der Waals surface area (Å²) in [5.41, 5.74) is 5.82. The molecule has 0 aliphatic rings. The highest BCUT2D eigenvalue weighted by Gasteiger charge is 2.37. The number of alkyl halides is 3. The fourth-order valence-corrected chi connectivity index (χ4v) is 1.08. The predicted octanol–water partition coefficient (Wildman–Crippen LogP) is 0.187. The summed E-state index contributed by atoms with van der Waals surface area (Å²) in [7, 11) is 0. The molecule has 0 aromatic carbocycles. The maximum atomic E-state index is 12.2. The quantitative estimate of drug-likeness (QED) is 0.832. The lowest BCUT2D eigenvalue weighted by molar-refractivity contribution is -0.146. The van der Waals surface area contributed by atoms with Gasteiger partial charge in [0.2, 0.25) is 5.89 Å². The number of hydrogen-bond acceptors (Lipinski definition) is 6. The van der Waals surface area contributed by atoms with E-state index in [-0.39, 0.29) is 19.0 Å². The van der Waals surface area contributed by atoms with Crippen LogP contribution in [0, 0.1) is 0 Å². The van der Waals surface area contributed by atoms with Crippen LogP contribution in [0.1, 0.15) is 17.4 Å². The molecule has 0 saturated carbocycles.